The summed E-state index contributed by atoms with van der Waals surface area (Å²) in [6.07, 6.45) is 0.814. The van der Waals surface area contributed by atoms with Gasteiger partial charge in [0, 0.05) is 11.6 Å². The van der Waals surface area contributed by atoms with Crippen LogP contribution in [0.2, 0.25) is 0 Å². The molecular formula is C15H18N2O4. The minimum Gasteiger partial charge on any atom is -0.408 e. The average molecular weight is 290 g/mol. The van der Waals surface area contributed by atoms with Crippen LogP contribution in [-0.2, 0) is 11.3 Å². The Morgan fingerprint density at radius 2 is 2.10 bits per heavy atom. The topological polar surface area (TPSA) is 81.3 Å². The lowest BCUT2D eigenvalue weighted by atomic mass is 10.1. The highest BCUT2D eigenvalue weighted by atomic mass is 16.4. The molecule has 1 amide bonds. The molecule has 0 spiro atoms. The summed E-state index contributed by atoms with van der Waals surface area (Å²) in [6, 6.07) is 4.80. The summed E-state index contributed by atoms with van der Waals surface area (Å²) in [5, 5.41) is 2.79. The zero-order chi connectivity index (χ0) is 15.6. The Balaban J connectivity index is 2.32. The van der Waals surface area contributed by atoms with Gasteiger partial charge in [-0.15, -0.1) is 0 Å². The molecule has 112 valence electrons. The molecule has 1 aromatic carbocycles. The first-order chi connectivity index (χ1) is 9.92. The van der Waals surface area contributed by atoms with Gasteiger partial charge in [-0.1, -0.05) is 6.92 Å². The van der Waals surface area contributed by atoms with Crippen LogP contribution < -0.4 is 11.1 Å². The van der Waals surface area contributed by atoms with Crippen molar-refractivity contribution in [1.82, 2.24) is 9.88 Å². The average Bonchev–Trinajstić information content (AvgIpc) is 2.74. The van der Waals surface area contributed by atoms with Gasteiger partial charge in [0.25, 0.3) is 0 Å². The van der Waals surface area contributed by atoms with E-state index >= 15 is 0 Å². The fourth-order valence-electron chi connectivity index (χ4n) is 2.00. The van der Waals surface area contributed by atoms with Crippen LogP contribution in [0.4, 0.5) is 0 Å². The van der Waals surface area contributed by atoms with Gasteiger partial charge in [-0.05, 0) is 38.5 Å². The predicted molar refractivity (Wildman–Crippen MR) is 78.4 cm³/mol. The van der Waals surface area contributed by atoms with Gasteiger partial charge in [0.2, 0.25) is 5.91 Å². The predicted octanol–water partition coefficient (Wildman–Crippen LogP) is 1.71. The molecule has 2 rings (SSSR count). The molecule has 0 bridgehead atoms. The van der Waals surface area contributed by atoms with Gasteiger partial charge in [0.15, 0.2) is 11.4 Å². The normalized spacial score (nSPS) is 12.3. The van der Waals surface area contributed by atoms with E-state index in [0.717, 1.165) is 6.42 Å². The number of fused-ring (bicyclic) bond motifs is 1. The SMILES string of the molecule is CCC(C)NC(=O)Cn1c(=O)oc2cc(C(C)=O)ccc21. The number of hydrogen-bond donors (Lipinski definition) is 1. The zero-order valence-electron chi connectivity index (χ0n) is 12.3. The summed E-state index contributed by atoms with van der Waals surface area (Å²) in [6.45, 7) is 5.20. The minimum absolute atomic E-state index is 0.0516. The van der Waals surface area contributed by atoms with Crippen molar-refractivity contribution in [2.75, 3.05) is 0 Å². The summed E-state index contributed by atoms with van der Waals surface area (Å²) < 4.78 is 6.36. The second-order valence-corrected chi connectivity index (χ2v) is 5.07. The van der Waals surface area contributed by atoms with E-state index in [9.17, 15) is 14.4 Å². The van der Waals surface area contributed by atoms with E-state index in [1.165, 1.54) is 17.6 Å². The third-order valence-corrected chi connectivity index (χ3v) is 3.40. The molecule has 21 heavy (non-hydrogen) atoms. The summed E-state index contributed by atoms with van der Waals surface area (Å²) in [4.78, 5) is 35.0. The van der Waals surface area contributed by atoms with E-state index in [2.05, 4.69) is 5.32 Å². The fraction of sp³-hybridized carbons (Fsp3) is 0.400. The van der Waals surface area contributed by atoms with Crippen molar-refractivity contribution in [3.8, 4) is 0 Å². The van der Waals surface area contributed by atoms with Gasteiger partial charge >= 0.3 is 5.76 Å². The van der Waals surface area contributed by atoms with Crippen LogP contribution >= 0.6 is 0 Å². The molecule has 1 aromatic heterocycles. The Kier molecular flexibility index (Phi) is 4.26. The second-order valence-electron chi connectivity index (χ2n) is 5.07. The van der Waals surface area contributed by atoms with Crippen LogP contribution in [0.3, 0.4) is 0 Å². The molecule has 0 aliphatic carbocycles. The molecule has 0 aliphatic heterocycles. The third-order valence-electron chi connectivity index (χ3n) is 3.40. The van der Waals surface area contributed by atoms with Gasteiger partial charge in [-0.25, -0.2) is 4.79 Å². The van der Waals surface area contributed by atoms with Crippen LogP contribution in [0.15, 0.2) is 27.4 Å². The highest BCUT2D eigenvalue weighted by molar-refractivity contribution is 5.97. The Morgan fingerprint density at radius 1 is 1.38 bits per heavy atom. The van der Waals surface area contributed by atoms with Gasteiger partial charge in [-0.3, -0.25) is 14.2 Å². The van der Waals surface area contributed by atoms with Crippen molar-refractivity contribution in [2.24, 2.45) is 0 Å². The number of Topliss-reactive ketones (excluding diaryl/α,β-unsaturated/α-hetero) is 1. The number of nitrogens with zero attached hydrogens (tertiary/aromatic N) is 1. The number of hydrogen-bond acceptors (Lipinski definition) is 4. The zero-order valence-corrected chi connectivity index (χ0v) is 12.3. The number of carbonyl (C=O) groups excluding carboxylic acids is 2. The molecule has 0 saturated carbocycles. The molecular weight excluding hydrogens is 272 g/mol. The molecule has 6 heteroatoms. The van der Waals surface area contributed by atoms with E-state index in [4.69, 9.17) is 4.42 Å². The van der Waals surface area contributed by atoms with Gasteiger partial charge in [0.05, 0.1) is 5.52 Å². The number of carbonyl (C=O) groups is 2. The number of ketones is 1. The molecule has 2 aromatic rings. The van der Waals surface area contributed by atoms with E-state index < -0.39 is 5.76 Å². The molecule has 0 radical (unpaired) electrons. The van der Waals surface area contributed by atoms with Crippen LogP contribution in [0, 0.1) is 0 Å². The van der Waals surface area contributed by atoms with Gasteiger partial charge in [0.1, 0.15) is 6.54 Å². The van der Waals surface area contributed by atoms with Crippen molar-refractivity contribution >= 4 is 22.8 Å². The van der Waals surface area contributed by atoms with Crippen molar-refractivity contribution < 1.29 is 14.0 Å². The van der Waals surface area contributed by atoms with E-state index in [-0.39, 0.29) is 24.3 Å². The first-order valence-electron chi connectivity index (χ1n) is 6.86. The maximum atomic E-state index is 11.9. The maximum Gasteiger partial charge on any atom is 0.420 e. The Hall–Kier alpha value is -2.37. The lowest BCUT2D eigenvalue weighted by Crippen LogP contribution is -2.36. The summed E-state index contributed by atoms with van der Waals surface area (Å²) in [7, 11) is 0. The standard InChI is InChI=1S/C15H18N2O4/c1-4-9(2)16-14(19)8-17-12-6-5-11(10(3)18)7-13(12)21-15(17)20/h5-7,9H,4,8H2,1-3H3,(H,16,19). The van der Waals surface area contributed by atoms with Crippen molar-refractivity contribution in [3.63, 3.8) is 0 Å². The molecule has 0 aliphatic rings. The minimum atomic E-state index is -0.606. The van der Waals surface area contributed by atoms with Crippen molar-refractivity contribution in [2.45, 2.75) is 39.8 Å². The third kappa shape index (κ3) is 3.21. The van der Waals surface area contributed by atoms with Crippen LogP contribution in [0.1, 0.15) is 37.6 Å². The molecule has 1 N–H and O–H groups in total. The van der Waals surface area contributed by atoms with E-state index in [1.54, 1.807) is 12.1 Å². The quantitative estimate of drug-likeness (QED) is 0.850. The summed E-state index contributed by atoms with van der Waals surface area (Å²) >= 11 is 0. The van der Waals surface area contributed by atoms with Gasteiger partial charge < -0.3 is 9.73 Å². The molecule has 1 heterocycles. The molecule has 0 fully saturated rings. The van der Waals surface area contributed by atoms with Crippen LogP contribution in [-0.4, -0.2) is 22.3 Å². The van der Waals surface area contributed by atoms with Crippen LogP contribution in [0.25, 0.3) is 11.1 Å². The molecule has 0 saturated heterocycles. The second kappa shape index (κ2) is 5.95. The first-order valence-corrected chi connectivity index (χ1v) is 6.86. The number of oxazole rings is 1. The fourth-order valence-corrected chi connectivity index (χ4v) is 2.00. The van der Waals surface area contributed by atoms with Crippen LogP contribution in [0.5, 0.6) is 0 Å². The number of amides is 1. The Bertz CT molecular complexity index is 742. The van der Waals surface area contributed by atoms with Gasteiger partial charge in [-0.2, -0.15) is 0 Å². The smallest absolute Gasteiger partial charge is 0.408 e. The maximum absolute atomic E-state index is 11.9. The van der Waals surface area contributed by atoms with Crippen molar-refractivity contribution in [1.29, 1.82) is 0 Å². The van der Waals surface area contributed by atoms with E-state index in [0.29, 0.717) is 16.7 Å². The summed E-state index contributed by atoms with van der Waals surface area (Å²) in [5.41, 5.74) is 1.28. The summed E-state index contributed by atoms with van der Waals surface area (Å²) in [5.74, 6) is -0.961. The molecule has 6 nitrogen and oxygen atoms in total. The number of benzene rings is 1. The molecule has 1 unspecified atom stereocenters. The monoisotopic (exact) mass is 290 g/mol. The Morgan fingerprint density at radius 3 is 2.71 bits per heavy atom. The first kappa shape index (κ1) is 15.0. The largest absolute Gasteiger partial charge is 0.420 e. The lowest BCUT2D eigenvalue weighted by molar-refractivity contribution is -0.122. The lowest BCUT2D eigenvalue weighted by Gasteiger charge is -2.11. The number of nitrogens with one attached hydrogen (secondary N) is 1. The number of rotatable bonds is 5. The molecule has 1 atom stereocenters. The highest BCUT2D eigenvalue weighted by Gasteiger charge is 2.14. The Labute approximate surface area is 121 Å². The number of aromatic nitrogens is 1. The highest BCUT2D eigenvalue weighted by Crippen LogP contribution is 2.15. The van der Waals surface area contributed by atoms with Crippen molar-refractivity contribution in [3.05, 3.63) is 34.3 Å². The van der Waals surface area contributed by atoms with E-state index in [1.807, 2.05) is 13.8 Å².